The van der Waals surface area contributed by atoms with Crippen molar-refractivity contribution in [3.63, 3.8) is 0 Å². The first-order chi connectivity index (χ1) is 9.18. The van der Waals surface area contributed by atoms with E-state index in [1.54, 1.807) is 12.1 Å². The molecular weight excluding hydrogens is 252 g/mol. The molecule has 1 heterocycles. The Morgan fingerprint density at radius 2 is 1.79 bits per heavy atom. The summed E-state index contributed by atoms with van der Waals surface area (Å²) in [6.07, 6.45) is 4.22. The smallest absolute Gasteiger partial charge is 0.387 e. The first kappa shape index (κ1) is 17.8. The second kappa shape index (κ2) is 11.9. The number of alkyl halides is 2. The molecule has 1 aliphatic heterocycles. The zero-order chi connectivity index (χ0) is 14.5. The molecule has 2 N–H and O–H groups in total. The highest BCUT2D eigenvalue weighted by molar-refractivity contribution is 5.27. The molecule has 19 heavy (non-hydrogen) atoms. The average Bonchev–Trinajstić information content (AvgIpc) is 2.43. The van der Waals surface area contributed by atoms with Crippen molar-refractivity contribution in [3.8, 4) is 5.75 Å². The number of benzene rings is 1. The number of halogens is 2. The largest absolute Gasteiger partial charge is 0.435 e. The van der Waals surface area contributed by atoms with E-state index >= 15 is 0 Å². The third kappa shape index (κ3) is 10.4. The molecule has 0 spiro atoms. The van der Waals surface area contributed by atoms with Gasteiger partial charge in [-0.05, 0) is 50.6 Å². The summed E-state index contributed by atoms with van der Waals surface area (Å²) in [4.78, 5) is 0. The molecule has 0 aromatic heterocycles. The van der Waals surface area contributed by atoms with Crippen LogP contribution in [0.1, 0.15) is 24.8 Å². The predicted molar refractivity (Wildman–Crippen MR) is 72.7 cm³/mol. The van der Waals surface area contributed by atoms with E-state index in [1.165, 1.54) is 38.4 Å². The van der Waals surface area contributed by atoms with Gasteiger partial charge in [-0.1, -0.05) is 18.6 Å². The van der Waals surface area contributed by atoms with E-state index in [0.717, 1.165) is 12.7 Å². The summed E-state index contributed by atoms with van der Waals surface area (Å²) in [6, 6.07) is 6.55. The van der Waals surface area contributed by atoms with Crippen LogP contribution in [0, 0.1) is 6.92 Å². The third-order valence-electron chi connectivity index (χ3n) is 2.42. The van der Waals surface area contributed by atoms with Gasteiger partial charge in [0.05, 0.1) is 0 Å². The molecule has 5 heteroatoms. The molecule has 0 unspecified atom stereocenters. The molecule has 1 saturated heterocycles. The number of hydrogen-bond acceptors (Lipinski definition) is 3. The highest BCUT2D eigenvalue weighted by Crippen LogP contribution is 2.14. The van der Waals surface area contributed by atoms with Gasteiger partial charge in [-0.2, -0.15) is 8.78 Å². The van der Waals surface area contributed by atoms with Gasteiger partial charge >= 0.3 is 6.61 Å². The Hall–Kier alpha value is -1.20. The number of aryl methyl sites for hydroxylation is 1. The van der Waals surface area contributed by atoms with E-state index < -0.39 is 6.61 Å². The SMILES string of the molecule is C1CCNCC1.CO.Cc1cccc(OC(F)F)c1. The minimum absolute atomic E-state index is 0.208. The highest BCUT2D eigenvalue weighted by Gasteiger charge is 2.02. The van der Waals surface area contributed by atoms with Gasteiger partial charge in [0.2, 0.25) is 0 Å². The van der Waals surface area contributed by atoms with Crippen LogP contribution in [-0.4, -0.2) is 31.9 Å². The summed E-state index contributed by atoms with van der Waals surface area (Å²) in [5.74, 6) is 0.208. The summed E-state index contributed by atoms with van der Waals surface area (Å²) in [7, 11) is 1.00. The van der Waals surface area contributed by atoms with Crippen molar-refractivity contribution in [1.29, 1.82) is 0 Å². The van der Waals surface area contributed by atoms with Crippen LogP contribution in [0.4, 0.5) is 8.78 Å². The number of piperidine rings is 1. The second-order valence-corrected chi connectivity index (χ2v) is 4.01. The number of aliphatic hydroxyl groups is 1. The lowest BCUT2D eigenvalue weighted by atomic mass is 10.2. The summed E-state index contributed by atoms with van der Waals surface area (Å²) in [6.45, 7) is 1.58. The number of rotatable bonds is 2. The molecule has 0 saturated carbocycles. The van der Waals surface area contributed by atoms with Crippen LogP contribution in [0.15, 0.2) is 24.3 Å². The van der Waals surface area contributed by atoms with Crippen molar-refractivity contribution in [1.82, 2.24) is 5.32 Å². The molecular formula is C14H23F2NO2. The summed E-state index contributed by atoms with van der Waals surface area (Å²) < 4.78 is 27.4. The van der Waals surface area contributed by atoms with Gasteiger partial charge in [0.1, 0.15) is 5.75 Å². The van der Waals surface area contributed by atoms with E-state index in [9.17, 15) is 8.78 Å². The summed E-state index contributed by atoms with van der Waals surface area (Å²) in [5.41, 5.74) is 0.906. The summed E-state index contributed by atoms with van der Waals surface area (Å²) >= 11 is 0. The molecule has 1 aromatic carbocycles. The second-order valence-electron chi connectivity index (χ2n) is 4.01. The van der Waals surface area contributed by atoms with Gasteiger partial charge in [-0.15, -0.1) is 0 Å². The minimum atomic E-state index is -2.74. The van der Waals surface area contributed by atoms with E-state index in [0.29, 0.717) is 0 Å². The molecule has 0 radical (unpaired) electrons. The van der Waals surface area contributed by atoms with Crippen LogP contribution in [0.5, 0.6) is 5.75 Å². The Kier molecular flexibility index (Phi) is 11.1. The average molecular weight is 275 g/mol. The lowest BCUT2D eigenvalue weighted by Crippen LogP contribution is -2.21. The van der Waals surface area contributed by atoms with Gasteiger partial charge in [0.25, 0.3) is 0 Å². The maximum absolute atomic E-state index is 11.6. The number of nitrogens with one attached hydrogen (secondary N) is 1. The first-order valence-corrected chi connectivity index (χ1v) is 6.35. The number of hydrogen-bond donors (Lipinski definition) is 2. The van der Waals surface area contributed by atoms with Crippen molar-refractivity contribution in [2.24, 2.45) is 0 Å². The Balaban J connectivity index is 0.000000341. The Labute approximate surface area is 113 Å². The van der Waals surface area contributed by atoms with Crippen molar-refractivity contribution >= 4 is 0 Å². The Bertz CT molecular complexity index is 307. The molecule has 1 fully saturated rings. The lowest BCUT2D eigenvalue weighted by Gasteiger charge is -2.08. The monoisotopic (exact) mass is 275 g/mol. The standard InChI is InChI=1S/C8H8F2O.C5H11N.CH4O/c1-6-3-2-4-7(5-6)11-8(9)10;1-2-4-6-5-3-1;1-2/h2-5,8H,1H3;6H,1-5H2;2H,1H3. The van der Waals surface area contributed by atoms with Crippen LogP contribution in [0.3, 0.4) is 0 Å². The van der Waals surface area contributed by atoms with Crippen molar-refractivity contribution in [2.45, 2.75) is 32.8 Å². The molecule has 110 valence electrons. The third-order valence-corrected chi connectivity index (χ3v) is 2.42. The van der Waals surface area contributed by atoms with E-state index in [1.807, 2.05) is 13.0 Å². The maximum Gasteiger partial charge on any atom is 0.387 e. The Morgan fingerprint density at radius 1 is 1.16 bits per heavy atom. The van der Waals surface area contributed by atoms with E-state index in [-0.39, 0.29) is 5.75 Å². The van der Waals surface area contributed by atoms with Gasteiger partial charge < -0.3 is 15.2 Å². The fourth-order valence-electron chi connectivity index (χ4n) is 1.59. The van der Waals surface area contributed by atoms with Crippen LogP contribution >= 0.6 is 0 Å². The Morgan fingerprint density at radius 3 is 2.16 bits per heavy atom. The zero-order valence-electron chi connectivity index (χ0n) is 11.5. The molecule has 0 atom stereocenters. The maximum atomic E-state index is 11.6. The van der Waals surface area contributed by atoms with Gasteiger partial charge in [-0.3, -0.25) is 0 Å². The molecule has 1 aromatic rings. The van der Waals surface area contributed by atoms with Crippen LogP contribution in [0.2, 0.25) is 0 Å². The van der Waals surface area contributed by atoms with Gasteiger partial charge in [0, 0.05) is 7.11 Å². The quantitative estimate of drug-likeness (QED) is 0.872. The number of ether oxygens (including phenoxy) is 1. The van der Waals surface area contributed by atoms with Crippen molar-refractivity contribution in [3.05, 3.63) is 29.8 Å². The van der Waals surface area contributed by atoms with Crippen LogP contribution < -0.4 is 10.1 Å². The topological polar surface area (TPSA) is 41.5 Å². The van der Waals surface area contributed by atoms with Crippen molar-refractivity contribution < 1.29 is 18.6 Å². The molecule has 0 amide bonds. The molecule has 1 aliphatic rings. The molecule has 0 aliphatic carbocycles. The minimum Gasteiger partial charge on any atom is -0.435 e. The van der Waals surface area contributed by atoms with Crippen LogP contribution in [0.25, 0.3) is 0 Å². The predicted octanol–water partition coefficient (Wildman–Crippen LogP) is 2.96. The first-order valence-electron chi connectivity index (χ1n) is 6.35. The van der Waals surface area contributed by atoms with Gasteiger partial charge in [-0.25, -0.2) is 0 Å². The van der Waals surface area contributed by atoms with Crippen molar-refractivity contribution in [2.75, 3.05) is 20.2 Å². The number of aliphatic hydroxyl groups excluding tert-OH is 1. The molecule has 3 nitrogen and oxygen atoms in total. The van der Waals surface area contributed by atoms with E-state index in [2.05, 4.69) is 10.1 Å². The normalized spacial score (nSPS) is 13.8. The van der Waals surface area contributed by atoms with Crippen LogP contribution in [-0.2, 0) is 0 Å². The zero-order valence-corrected chi connectivity index (χ0v) is 11.5. The highest BCUT2D eigenvalue weighted by atomic mass is 19.3. The fraction of sp³-hybridized carbons (Fsp3) is 0.571. The fourth-order valence-corrected chi connectivity index (χ4v) is 1.59. The summed E-state index contributed by atoms with van der Waals surface area (Å²) in [5, 5.41) is 10.3. The lowest BCUT2D eigenvalue weighted by molar-refractivity contribution is -0.0498. The van der Waals surface area contributed by atoms with Gasteiger partial charge in [0.15, 0.2) is 0 Å². The molecule has 2 rings (SSSR count). The molecule has 0 bridgehead atoms. The van der Waals surface area contributed by atoms with E-state index in [4.69, 9.17) is 5.11 Å².